The third kappa shape index (κ3) is 3.76. The van der Waals surface area contributed by atoms with Crippen molar-refractivity contribution in [2.24, 2.45) is 5.73 Å². The maximum absolute atomic E-state index is 10.6. The minimum atomic E-state index is -0.780. The first-order chi connectivity index (χ1) is 7.52. The Morgan fingerprint density at radius 3 is 2.81 bits per heavy atom. The van der Waals surface area contributed by atoms with Crippen molar-refractivity contribution in [3.63, 3.8) is 0 Å². The number of ether oxygens (including phenoxy) is 1. The number of hydrogen-bond acceptors (Lipinski definition) is 5. The summed E-state index contributed by atoms with van der Waals surface area (Å²) in [6.45, 7) is 0.0835. The number of aliphatic hydroxyl groups excluding tert-OH is 1. The van der Waals surface area contributed by atoms with Gasteiger partial charge in [0.15, 0.2) is 0 Å². The summed E-state index contributed by atoms with van der Waals surface area (Å²) in [4.78, 5) is 10.0. The van der Waals surface area contributed by atoms with E-state index in [0.29, 0.717) is 10.2 Å². The van der Waals surface area contributed by atoms with E-state index >= 15 is 0 Å². The first-order valence-corrected chi connectivity index (χ1v) is 5.28. The molecule has 6 nitrogen and oxygen atoms in total. The second-order valence-electron chi connectivity index (χ2n) is 3.10. The molecule has 0 saturated carbocycles. The molecular weight excluding hydrogens is 280 g/mol. The highest BCUT2D eigenvalue weighted by Gasteiger charge is 2.10. The molecule has 1 aromatic rings. The second-order valence-corrected chi connectivity index (χ2v) is 4.02. The van der Waals surface area contributed by atoms with E-state index in [9.17, 15) is 15.2 Å². The normalized spacial score (nSPS) is 12.2. The number of benzene rings is 1. The molecule has 0 radical (unpaired) electrons. The average molecular weight is 291 g/mol. The van der Waals surface area contributed by atoms with Crippen molar-refractivity contribution in [3.8, 4) is 5.75 Å². The van der Waals surface area contributed by atoms with E-state index in [4.69, 9.17) is 10.5 Å². The van der Waals surface area contributed by atoms with Gasteiger partial charge in [-0.25, -0.2) is 0 Å². The Kier molecular flexibility index (Phi) is 4.66. The van der Waals surface area contributed by atoms with Crippen LogP contribution < -0.4 is 10.5 Å². The van der Waals surface area contributed by atoms with Crippen molar-refractivity contribution < 1.29 is 14.8 Å². The molecule has 0 aliphatic rings. The van der Waals surface area contributed by atoms with Gasteiger partial charge in [-0.2, -0.15) is 0 Å². The second kappa shape index (κ2) is 5.78. The van der Waals surface area contributed by atoms with Gasteiger partial charge in [0, 0.05) is 17.1 Å². The summed E-state index contributed by atoms with van der Waals surface area (Å²) in [5, 5.41) is 19.7. The van der Waals surface area contributed by atoms with Crippen LogP contribution in [0.4, 0.5) is 5.69 Å². The monoisotopic (exact) mass is 290 g/mol. The first-order valence-electron chi connectivity index (χ1n) is 4.49. The van der Waals surface area contributed by atoms with Gasteiger partial charge in [-0.05, 0) is 6.07 Å². The molecule has 0 heterocycles. The Bertz CT molecular complexity index is 386. The number of halogens is 1. The zero-order valence-corrected chi connectivity index (χ0v) is 9.88. The average Bonchev–Trinajstić information content (AvgIpc) is 2.25. The smallest absolute Gasteiger partial charge is 0.274 e. The lowest BCUT2D eigenvalue weighted by atomic mass is 10.3. The lowest BCUT2D eigenvalue weighted by Crippen LogP contribution is -2.26. The third-order valence-electron chi connectivity index (χ3n) is 1.78. The van der Waals surface area contributed by atoms with Crippen LogP contribution in [0.25, 0.3) is 0 Å². The standard InChI is InChI=1S/C9H11BrN2O4/c10-6-1-7(12(14)15)3-9(2-6)16-5-8(13)4-11/h1-3,8,13H,4-5,11H2. The Morgan fingerprint density at radius 2 is 2.25 bits per heavy atom. The number of nitrogens with zero attached hydrogens (tertiary/aromatic N) is 1. The van der Waals surface area contributed by atoms with Gasteiger partial charge in [-0.1, -0.05) is 15.9 Å². The van der Waals surface area contributed by atoms with E-state index in [1.165, 1.54) is 12.1 Å². The van der Waals surface area contributed by atoms with Gasteiger partial charge < -0.3 is 15.6 Å². The lowest BCUT2D eigenvalue weighted by molar-refractivity contribution is -0.385. The quantitative estimate of drug-likeness (QED) is 0.624. The third-order valence-corrected chi connectivity index (χ3v) is 2.24. The van der Waals surface area contributed by atoms with Gasteiger partial charge in [0.1, 0.15) is 18.5 Å². The predicted octanol–water partition coefficient (Wildman–Crippen LogP) is 1.06. The minimum Gasteiger partial charge on any atom is -0.491 e. The van der Waals surface area contributed by atoms with Crippen LogP contribution in [0.5, 0.6) is 5.75 Å². The molecule has 0 aromatic heterocycles. The van der Waals surface area contributed by atoms with Gasteiger partial charge in [-0.15, -0.1) is 0 Å². The largest absolute Gasteiger partial charge is 0.491 e. The number of non-ortho nitro benzene ring substituents is 1. The number of aliphatic hydroxyl groups is 1. The number of nitrogens with two attached hydrogens (primary N) is 1. The highest BCUT2D eigenvalue weighted by molar-refractivity contribution is 9.10. The van der Waals surface area contributed by atoms with Crippen molar-refractivity contribution in [3.05, 3.63) is 32.8 Å². The number of nitro groups is 1. The summed E-state index contributed by atoms with van der Waals surface area (Å²) < 4.78 is 5.71. The van der Waals surface area contributed by atoms with Crippen molar-refractivity contribution in [1.82, 2.24) is 0 Å². The minimum absolute atomic E-state index is 0.00408. The van der Waals surface area contributed by atoms with E-state index in [1.807, 2.05) is 0 Å². The molecule has 88 valence electrons. The molecule has 1 atom stereocenters. The molecule has 1 rings (SSSR count). The number of nitro benzene ring substituents is 1. The van der Waals surface area contributed by atoms with E-state index in [0.717, 1.165) is 0 Å². The number of rotatable bonds is 5. The molecule has 0 aliphatic carbocycles. The molecule has 16 heavy (non-hydrogen) atoms. The number of hydrogen-bond donors (Lipinski definition) is 2. The molecule has 0 aliphatic heterocycles. The Balaban J connectivity index is 2.76. The highest BCUT2D eigenvalue weighted by atomic mass is 79.9. The molecule has 0 amide bonds. The molecular formula is C9H11BrN2O4. The molecule has 0 spiro atoms. The van der Waals surface area contributed by atoms with Crippen LogP contribution in [-0.2, 0) is 0 Å². The molecule has 0 saturated heterocycles. The van der Waals surface area contributed by atoms with Gasteiger partial charge in [0.2, 0.25) is 0 Å². The van der Waals surface area contributed by atoms with E-state index < -0.39 is 11.0 Å². The summed E-state index contributed by atoms with van der Waals surface area (Å²) in [7, 11) is 0. The maximum Gasteiger partial charge on any atom is 0.274 e. The fraction of sp³-hybridized carbons (Fsp3) is 0.333. The van der Waals surface area contributed by atoms with Crippen LogP contribution in [0.2, 0.25) is 0 Å². The van der Waals surface area contributed by atoms with Crippen molar-refractivity contribution in [1.29, 1.82) is 0 Å². The van der Waals surface area contributed by atoms with Crippen LogP contribution in [0.1, 0.15) is 0 Å². The fourth-order valence-corrected chi connectivity index (χ4v) is 1.46. The SMILES string of the molecule is NCC(O)COc1cc(Br)cc([N+](=O)[O-])c1. The maximum atomic E-state index is 10.6. The Labute approximate surface area is 100 Å². The van der Waals surface area contributed by atoms with Crippen molar-refractivity contribution >= 4 is 21.6 Å². The lowest BCUT2D eigenvalue weighted by Gasteiger charge is -2.10. The zero-order valence-electron chi connectivity index (χ0n) is 8.30. The van der Waals surface area contributed by atoms with Gasteiger partial charge >= 0.3 is 0 Å². The van der Waals surface area contributed by atoms with Crippen LogP contribution in [-0.4, -0.2) is 29.3 Å². The zero-order chi connectivity index (χ0) is 12.1. The predicted molar refractivity (Wildman–Crippen MR) is 61.4 cm³/mol. The Morgan fingerprint density at radius 1 is 1.56 bits per heavy atom. The van der Waals surface area contributed by atoms with Crippen LogP contribution in [0.3, 0.4) is 0 Å². The van der Waals surface area contributed by atoms with Crippen LogP contribution >= 0.6 is 15.9 Å². The van der Waals surface area contributed by atoms with Gasteiger partial charge in [0.25, 0.3) is 5.69 Å². The van der Waals surface area contributed by atoms with Crippen molar-refractivity contribution in [2.45, 2.75) is 6.10 Å². The first kappa shape index (κ1) is 12.9. The van der Waals surface area contributed by atoms with E-state index in [-0.39, 0.29) is 18.8 Å². The van der Waals surface area contributed by atoms with E-state index in [2.05, 4.69) is 15.9 Å². The van der Waals surface area contributed by atoms with Crippen LogP contribution in [0.15, 0.2) is 22.7 Å². The topological polar surface area (TPSA) is 98.6 Å². The molecule has 0 bridgehead atoms. The summed E-state index contributed by atoms with van der Waals surface area (Å²) in [6.07, 6.45) is -0.780. The van der Waals surface area contributed by atoms with E-state index in [1.54, 1.807) is 6.07 Å². The molecule has 3 N–H and O–H groups in total. The fourth-order valence-electron chi connectivity index (χ4n) is 0.997. The summed E-state index contributed by atoms with van der Waals surface area (Å²) in [5.41, 5.74) is 5.12. The molecule has 1 unspecified atom stereocenters. The highest BCUT2D eigenvalue weighted by Crippen LogP contribution is 2.26. The summed E-state index contributed by atoms with van der Waals surface area (Å²) in [5.74, 6) is 0.313. The van der Waals surface area contributed by atoms with Crippen molar-refractivity contribution in [2.75, 3.05) is 13.2 Å². The molecule has 7 heteroatoms. The molecule has 1 aromatic carbocycles. The Hall–Kier alpha value is -1.18. The van der Waals surface area contributed by atoms with Gasteiger partial charge in [0.05, 0.1) is 11.0 Å². The summed E-state index contributed by atoms with van der Waals surface area (Å²) >= 11 is 3.13. The molecule has 0 fully saturated rings. The summed E-state index contributed by atoms with van der Waals surface area (Å²) in [6, 6.07) is 4.23. The van der Waals surface area contributed by atoms with Gasteiger partial charge in [-0.3, -0.25) is 10.1 Å². The van der Waals surface area contributed by atoms with Crippen LogP contribution in [0, 0.1) is 10.1 Å².